The molecule has 2 N–H and O–H groups in total. The zero-order valence-electron chi connectivity index (χ0n) is 10.7. The van der Waals surface area contributed by atoms with Crippen molar-refractivity contribution in [3.63, 3.8) is 0 Å². The van der Waals surface area contributed by atoms with Crippen molar-refractivity contribution in [1.82, 2.24) is 4.31 Å². The van der Waals surface area contributed by atoms with Gasteiger partial charge in [-0.15, -0.1) is 0 Å². The Kier molecular flexibility index (Phi) is 3.45. The quantitative estimate of drug-likeness (QED) is 0.656. The van der Waals surface area contributed by atoms with Crippen LogP contribution < -0.4 is 5.73 Å². The maximum atomic E-state index is 12.4. The summed E-state index contributed by atoms with van der Waals surface area (Å²) in [6.07, 6.45) is 4.64. The number of hydrogen-bond acceptors (Lipinski definition) is 3. The zero-order valence-corrected chi connectivity index (χ0v) is 11.5. The zero-order chi connectivity index (χ0) is 13.3. The van der Waals surface area contributed by atoms with E-state index in [0.29, 0.717) is 23.7 Å². The summed E-state index contributed by atoms with van der Waals surface area (Å²) in [4.78, 5) is 0.290. The molecule has 0 amide bonds. The van der Waals surface area contributed by atoms with E-state index in [2.05, 4.69) is 0 Å². The lowest BCUT2D eigenvalue weighted by molar-refractivity contribution is 0.437. The summed E-state index contributed by atoms with van der Waals surface area (Å²) in [5.74, 6) is 0. The molecule has 0 spiro atoms. The average molecular weight is 266 g/mol. The van der Waals surface area contributed by atoms with E-state index in [1.54, 1.807) is 12.1 Å². The molecular formula is C13H18N2O2S. The van der Waals surface area contributed by atoms with Gasteiger partial charge in [0.1, 0.15) is 0 Å². The molecule has 0 unspecified atom stereocenters. The molecule has 1 heterocycles. The summed E-state index contributed by atoms with van der Waals surface area (Å²) >= 11 is 0. The van der Waals surface area contributed by atoms with Gasteiger partial charge in [-0.3, -0.25) is 0 Å². The van der Waals surface area contributed by atoms with E-state index < -0.39 is 10.0 Å². The molecule has 0 saturated heterocycles. The van der Waals surface area contributed by atoms with Crippen LogP contribution in [0.2, 0.25) is 0 Å². The van der Waals surface area contributed by atoms with Crippen LogP contribution in [0.15, 0.2) is 29.2 Å². The molecular weight excluding hydrogens is 248 g/mol. The largest absolute Gasteiger partial charge is 0.398 e. The van der Waals surface area contributed by atoms with E-state index >= 15 is 0 Å². The fraction of sp³-hybridized carbons (Fsp3) is 0.385. The summed E-state index contributed by atoms with van der Waals surface area (Å²) in [6.45, 7) is 4.74. The Labute approximate surface area is 108 Å². The summed E-state index contributed by atoms with van der Waals surface area (Å²) in [7, 11) is -3.42. The van der Waals surface area contributed by atoms with Crippen molar-refractivity contribution in [3.05, 3.63) is 35.4 Å². The van der Waals surface area contributed by atoms with Gasteiger partial charge in [-0.05, 0) is 43.5 Å². The van der Waals surface area contributed by atoms with E-state index in [-0.39, 0.29) is 0 Å². The summed E-state index contributed by atoms with van der Waals surface area (Å²) in [6, 6.07) is 3.25. The Morgan fingerprint density at radius 2 is 1.94 bits per heavy atom. The van der Waals surface area contributed by atoms with E-state index in [1.807, 2.05) is 26.0 Å². The molecule has 98 valence electrons. The first-order valence-corrected chi connectivity index (χ1v) is 7.39. The highest BCUT2D eigenvalue weighted by molar-refractivity contribution is 7.89. The van der Waals surface area contributed by atoms with Crippen LogP contribution in [0, 0.1) is 13.8 Å². The first kappa shape index (κ1) is 13.1. The molecule has 0 fully saturated rings. The number of benzene rings is 1. The first-order chi connectivity index (χ1) is 8.43. The molecule has 1 aromatic rings. The number of hydrogen-bond donors (Lipinski definition) is 1. The molecule has 0 aliphatic carbocycles. The number of aryl methyl sites for hydroxylation is 1. The van der Waals surface area contributed by atoms with Gasteiger partial charge in [0.25, 0.3) is 0 Å². The molecule has 1 aromatic carbocycles. The fourth-order valence-electron chi connectivity index (χ4n) is 1.99. The van der Waals surface area contributed by atoms with Crippen LogP contribution in [0.5, 0.6) is 0 Å². The smallest absolute Gasteiger partial charge is 0.243 e. The molecule has 0 bridgehead atoms. The Bertz CT molecular complexity index is 568. The Balaban J connectivity index is 2.44. The fourth-order valence-corrected chi connectivity index (χ4v) is 3.52. The summed E-state index contributed by atoms with van der Waals surface area (Å²) < 4.78 is 26.4. The van der Waals surface area contributed by atoms with Gasteiger partial charge < -0.3 is 5.73 Å². The SMILES string of the molecule is Cc1cc(S(=O)(=O)N2CC=CCC2)cc(N)c1C. The van der Waals surface area contributed by atoms with E-state index in [4.69, 9.17) is 5.73 Å². The highest BCUT2D eigenvalue weighted by atomic mass is 32.2. The monoisotopic (exact) mass is 266 g/mol. The maximum absolute atomic E-state index is 12.4. The van der Waals surface area contributed by atoms with Crippen molar-refractivity contribution in [3.8, 4) is 0 Å². The molecule has 1 aliphatic rings. The highest BCUT2D eigenvalue weighted by Crippen LogP contribution is 2.24. The van der Waals surface area contributed by atoms with Crippen LogP contribution in [0.4, 0.5) is 5.69 Å². The summed E-state index contributed by atoms with van der Waals surface area (Å²) in [5, 5.41) is 0. The number of rotatable bonds is 2. The topological polar surface area (TPSA) is 63.4 Å². The molecule has 0 saturated carbocycles. The standard InChI is InChI=1S/C13H18N2O2S/c1-10-8-12(9-13(14)11(10)2)18(16,17)15-6-4-3-5-7-15/h3-4,8-9H,5-7,14H2,1-2H3. The molecule has 4 nitrogen and oxygen atoms in total. The number of anilines is 1. The van der Waals surface area contributed by atoms with Crippen molar-refractivity contribution in [1.29, 1.82) is 0 Å². The van der Waals surface area contributed by atoms with Gasteiger partial charge in [-0.1, -0.05) is 12.2 Å². The second-order valence-electron chi connectivity index (χ2n) is 4.58. The Morgan fingerprint density at radius 3 is 2.50 bits per heavy atom. The molecule has 0 atom stereocenters. The second-order valence-corrected chi connectivity index (χ2v) is 6.52. The van der Waals surface area contributed by atoms with Crippen molar-refractivity contribution in [2.24, 2.45) is 0 Å². The van der Waals surface area contributed by atoms with Crippen molar-refractivity contribution < 1.29 is 8.42 Å². The third kappa shape index (κ3) is 2.28. The van der Waals surface area contributed by atoms with Crippen molar-refractivity contribution in [2.75, 3.05) is 18.8 Å². The van der Waals surface area contributed by atoms with Crippen LogP contribution >= 0.6 is 0 Å². The van der Waals surface area contributed by atoms with Crippen LogP contribution in [0.3, 0.4) is 0 Å². The predicted octanol–water partition coefficient (Wildman–Crippen LogP) is 1.84. The number of nitrogens with two attached hydrogens (primary N) is 1. The second kappa shape index (κ2) is 4.74. The minimum atomic E-state index is -3.42. The van der Waals surface area contributed by atoms with Gasteiger partial charge in [-0.2, -0.15) is 4.31 Å². The normalized spacial score (nSPS) is 17.0. The lowest BCUT2D eigenvalue weighted by Crippen LogP contribution is -2.33. The predicted molar refractivity (Wildman–Crippen MR) is 72.8 cm³/mol. The van der Waals surface area contributed by atoms with Gasteiger partial charge >= 0.3 is 0 Å². The molecule has 0 aromatic heterocycles. The van der Waals surface area contributed by atoms with Crippen LogP contribution in [-0.2, 0) is 10.0 Å². The minimum Gasteiger partial charge on any atom is -0.398 e. The van der Waals surface area contributed by atoms with E-state index in [1.165, 1.54) is 4.31 Å². The van der Waals surface area contributed by atoms with Gasteiger partial charge in [0.2, 0.25) is 10.0 Å². The molecule has 0 radical (unpaired) electrons. The van der Waals surface area contributed by atoms with Crippen LogP contribution in [0.25, 0.3) is 0 Å². The van der Waals surface area contributed by atoms with Gasteiger partial charge in [0.05, 0.1) is 4.90 Å². The molecule has 18 heavy (non-hydrogen) atoms. The number of sulfonamides is 1. The van der Waals surface area contributed by atoms with Crippen molar-refractivity contribution >= 4 is 15.7 Å². The first-order valence-electron chi connectivity index (χ1n) is 5.95. The van der Waals surface area contributed by atoms with Gasteiger partial charge in [0.15, 0.2) is 0 Å². The highest BCUT2D eigenvalue weighted by Gasteiger charge is 2.25. The lowest BCUT2D eigenvalue weighted by atomic mass is 10.1. The summed E-state index contributed by atoms with van der Waals surface area (Å²) in [5.41, 5.74) is 8.22. The minimum absolute atomic E-state index is 0.290. The van der Waals surface area contributed by atoms with E-state index in [9.17, 15) is 8.42 Å². The van der Waals surface area contributed by atoms with E-state index in [0.717, 1.165) is 17.5 Å². The maximum Gasteiger partial charge on any atom is 0.243 e. The van der Waals surface area contributed by atoms with Crippen molar-refractivity contribution in [2.45, 2.75) is 25.2 Å². The third-order valence-corrected chi connectivity index (χ3v) is 5.18. The average Bonchev–Trinajstić information content (AvgIpc) is 2.36. The third-order valence-electron chi connectivity index (χ3n) is 3.34. The van der Waals surface area contributed by atoms with Crippen LogP contribution in [-0.4, -0.2) is 25.8 Å². The van der Waals surface area contributed by atoms with Crippen LogP contribution in [0.1, 0.15) is 17.5 Å². The Morgan fingerprint density at radius 1 is 1.22 bits per heavy atom. The molecule has 5 heteroatoms. The Hall–Kier alpha value is -1.33. The molecule has 1 aliphatic heterocycles. The number of nitrogen functional groups attached to an aromatic ring is 1. The molecule has 2 rings (SSSR count). The van der Waals surface area contributed by atoms with Gasteiger partial charge in [0, 0.05) is 18.8 Å². The lowest BCUT2D eigenvalue weighted by Gasteiger charge is -2.23. The van der Waals surface area contributed by atoms with Gasteiger partial charge in [-0.25, -0.2) is 8.42 Å². The number of nitrogens with zero attached hydrogens (tertiary/aromatic N) is 1.